The van der Waals surface area contributed by atoms with Crippen LogP contribution in [-0.2, 0) is 4.74 Å². The highest BCUT2D eigenvalue weighted by molar-refractivity contribution is 5.63. The Kier molecular flexibility index (Phi) is 4.01. The molecule has 1 fully saturated rings. The standard InChI is InChI=1S/C14H14F2N2O3/c15-14(16)21-11-4-3-9(10-5-6-17-18-10)8-12(11)20-13-2-1-7-19-13/h3-6,8,13-14H,1-2,7H2,(H,17,18). The first kappa shape index (κ1) is 13.8. The lowest BCUT2D eigenvalue weighted by Gasteiger charge is -2.17. The predicted molar refractivity (Wildman–Crippen MR) is 70.3 cm³/mol. The molecule has 1 aromatic heterocycles. The van der Waals surface area contributed by atoms with Crippen molar-refractivity contribution in [1.82, 2.24) is 10.2 Å². The molecule has 0 amide bonds. The van der Waals surface area contributed by atoms with Gasteiger partial charge in [0.2, 0.25) is 0 Å². The van der Waals surface area contributed by atoms with E-state index in [1.165, 1.54) is 6.07 Å². The smallest absolute Gasteiger partial charge is 0.387 e. The highest BCUT2D eigenvalue weighted by Crippen LogP contribution is 2.34. The maximum absolute atomic E-state index is 12.5. The summed E-state index contributed by atoms with van der Waals surface area (Å²) in [5.41, 5.74) is 1.53. The van der Waals surface area contributed by atoms with Gasteiger partial charge in [0.1, 0.15) is 0 Å². The molecule has 5 nitrogen and oxygen atoms in total. The second kappa shape index (κ2) is 6.09. The molecule has 112 valence electrons. The molecule has 7 heteroatoms. The van der Waals surface area contributed by atoms with E-state index in [1.54, 1.807) is 24.4 Å². The van der Waals surface area contributed by atoms with Crippen LogP contribution >= 0.6 is 0 Å². The number of aromatic nitrogens is 2. The first-order chi connectivity index (χ1) is 10.2. The molecule has 21 heavy (non-hydrogen) atoms. The van der Waals surface area contributed by atoms with Gasteiger partial charge in [0.25, 0.3) is 0 Å². The molecule has 1 aliphatic heterocycles. The van der Waals surface area contributed by atoms with Crippen LogP contribution in [0.1, 0.15) is 12.8 Å². The number of hydrogen-bond donors (Lipinski definition) is 1. The number of rotatable bonds is 5. The minimum Gasteiger partial charge on any atom is -0.461 e. The number of benzene rings is 1. The molecular weight excluding hydrogens is 282 g/mol. The maximum atomic E-state index is 12.5. The Morgan fingerprint density at radius 3 is 2.86 bits per heavy atom. The number of H-pyrrole nitrogens is 1. The third kappa shape index (κ3) is 3.30. The second-order valence-corrected chi connectivity index (χ2v) is 4.57. The molecule has 1 aromatic carbocycles. The summed E-state index contributed by atoms with van der Waals surface area (Å²) in [6, 6.07) is 6.52. The van der Waals surface area contributed by atoms with Gasteiger partial charge in [-0.15, -0.1) is 0 Å². The summed E-state index contributed by atoms with van der Waals surface area (Å²) in [6.07, 6.45) is 2.79. The first-order valence-electron chi connectivity index (χ1n) is 6.59. The lowest BCUT2D eigenvalue weighted by Crippen LogP contribution is -2.15. The van der Waals surface area contributed by atoms with Gasteiger partial charge < -0.3 is 14.2 Å². The normalized spacial score (nSPS) is 18.1. The molecule has 2 aromatic rings. The summed E-state index contributed by atoms with van der Waals surface area (Å²) in [6.45, 7) is -2.30. The van der Waals surface area contributed by atoms with E-state index in [0.717, 1.165) is 24.1 Å². The van der Waals surface area contributed by atoms with Crippen molar-refractivity contribution in [2.24, 2.45) is 0 Å². The van der Waals surface area contributed by atoms with Crippen molar-refractivity contribution in [2.75, 3.05) is 6.61 Å². The Morgan fingerprint density at radius 1 is 1.29 bits per heavy atom. The van der Waals surface area contributed by atoms with Crippen molar-refractivity contribution in [3.05, 3.63) is 30.5 Å². The third-order valence-electron chi connectivity index (χ3n) is 3.12. The van der Waals surface area contributed by atoms with E-state index in [4.69, 9.17) is 9.47 Å². The van der Waals surface area contributed by atoms with Crippen molar-refractivity contribution in [1.29, 1.82) is 0 Å². The lowest BCUT2D eigenvalue weighted by atomic mass is 10.1. The van der Waals surface area contributed by atoms with Crippen molar-refractivity contribution >= 4 is 0 Å². The van der Waals surface area contributed by atoms with Crippen LogP contribution in [0.4, 0.5) is 8.78 Å². The van der Waals surface area contributed by atoms with Crippen LogP contribution in [0.15, 0.2) is 30.5 Å². The Bertz CT molecular complexity index is 584. The topological polar surface area (TPSA) is 56.4 Å². The zero-order valence-corrected chi connectivity index (χ0v) is 11.1. The summed E-state index contributed by atoms with van der Waals surface area (Å²) in [5, 5.41) is 6.67. The number of hydrogen-bond acceptors (Lipinski definition) is 4. The molecule has 0 aliphatic carbocycles. The fraction of sp³-hybridized carbons (Fsp3) is 0.357. The number of ether oxygens (including phenoxy) is 3. The summed E-state index contributed by atoms with van der Waals surface area (Å²) in [4.78, 5) is 0. The number of aromatic amines is 1. The predicted octanol–water partition coefficient (Wildman–Crippen LogP) is 3.19. The van der Waals surface area contributed by atoms with Gasteiger partial charge in [0, 0.05) is 18.2 Å². The van der Waals surface area contributed by atoms with Crippen molar-refractivity contribution < 1.29 is 23.0 Å². The van der Waals surface area contributed by atoms with Gasteiger partial charge >= 0.3 is 6.61 Å². The summed E-state index contributed by atoms with van der Waals surface area (Å²) < 4.78 is 40.4. The lowest BCUT2D eigenvalue weighted by molar-refractivity contribution is -0.0632. The minimum atomic E-state index is -2.91. The van der Waals surface area contributed by atoms with E-state index >= 15 is 0 Å². The Labute approximate surface area is 119 Å². The van der Waals surface area contributed by atoms with E-state index in [-0.39, 0.29) is 11.5 Å². The van der Waals surface area contributed by atoms with Crippen LogP contribution in [0, 0.1) is 0 Å². The largest absolute Gasteiger partial charge is 0.461 e. The molecule has 3 rings (SSSR count). The fourth-order valence-electron chi connectivity index (χ4n) is 2.16. The van der Waals surface area contributed by atoms with Gasteiger partial charge in [-0.05, 0) is 30.7 Å². The van der Waals surface area contributed by atoms with Crippen LogP contribution in [-0.4, -0.2) is 29.7 Å². The van der Waals surface area contributed by atoms with Crippen LogP contribution in [0.3, 0.4) is 0 Å². The molecule has 0 spiro atoms. The van der Waals surface area contributed by atoms with Gasteiger partial charge in [-0.25, -0.2) is 0 Å². The highest BCUT2D eigenvalue weighted by atomic mass is 19.3. The Morgan fingerprint density at radius 2 is 2.19 bits per heavy atom. The molecule has 1 saturated heterocycles. The van der Waals surface area contributed by atoms with E-state index in [2.05, 4.69) is 14.9 Å². The second-order valence-electron chi connectivity index (χ2n) is 4.57. The van der Waals surface area contributed by atoms with E-state index in [9.17, 15) is 8.78 Å². The van der Waals surface area contributed by atoms with Crippen LogP contribution in [0.25, 0.3) is 11.3 Å². The summed E-state index contributed by atoms with van der Waals surface area (Å²) in [5.74, 6) is 0.220. The first-order valence-corrected chi connectivity index (χ1v) is 6.59. The molecule has 0 bridgehead atoms. The van der Waals surface area contributed by atoms with E-state index in [0.29, 0.717) is 6.61 Å². The van der Waals surface area contributed by atoms with Gasteiger partial charge in [0.05, 0.1) is 12.3 Å². The number of alkyl halides is 2. The zero-order valence-electron chi connectivity index (χ0n) is 11.1. The van der Waals surface area contributed by atoms with Crippen LogP contribution in [0.5, 0.6) is 11.5 Å². The van der Waals surface area contributed by atoms with Gasteiger partial charge in [-0.3, -0.25) is 5.10 Å². The third-order valence-corrected chi connectivity index (χ3v) is 3.12. The number of halogens is 2. The number of nitrogens with zero attached hydrogens (tertiary/aromatic N) is 1. The average molecular weight is 296 g/mol. The van der Waals surface area contributed by atoms with Crippen LogP contribution in [0.2, 0.25) is 0 Å². The molecule has 1 atom stereocenters. The molecule has 1 aliphatic rings. The van der Waals surface area contributed by atoms with Gasteiger partial charge in [0.15, 0.2) is 17.8 Å². The SMILES string of the molecule is FC(F)Oc1ccc(-c2ccn[nH]2)cc1OC1CCCO1. The molecule has 1 unspecified atom stereocenters. The Hall–Kier alpha value is -2.15. The maximum Gasteiger partial charge on any atom is 0.387 e. The molecule has 0 saturated carbocycles. The summed E-state index contributed by atoms with van der Waals surface area (Å²) in [7, 11) is 0. The minimum absolute atomic E-state index is 0.0104. The highest BCUT2D eigenvalue weighted by Gasteiger charge is 2.20. The molecular formula is C14H14F2N2O3. The van der Waals surface area contributed by atoms with E-state index < -0.39 is 12.9 Å². The quantitative estimate of drug-likeness (QED) is 0.920. The number of nitrogens with one attached hydrogen (secondary N) is 1. The fourth-order valence-corrected chi connectivity index (χ4v) is 2.16. The van der Waals surface area contributed by atoms with Gasteiger partial charge in [-0.2, -0.15) is 13.9 Å². The van der Waals surface area contributed by atoms with Crippen molar-refractivity contribution in [2.45, 2.75) is 25.7 Å². The summed E-state index contributed by atoms with van der Waals surface area (Å²) >= 11 is 0. The Balaban J connectivity index is 1.89. The molecule has 1 N–H and O–H groups in total. The van der Waals surface area contributed by atoms with Crippen molar-refractivity contribution in [3.63, 3.8) is 0 Å². The average Bonchev–Trinajstić information content (AvgIpc) is 3.12. The molecule has 0 radical (unpaired) electrons. The van der Waals surface area contributed by atoms with Gasteiger partial charge in [-0.1, -0.05) is 0 Å². The van der Waals surface area contributed by atoms with E-state index in [1.807, 2.05) is 0 Å². The van der Waals surface area contributed by atoms with Crippen LogP contribution < -0.4 is 9.47 Å². The van der Waals surface area contributed by atoms with Crippen molar-refractivity contribution in [3.8, 4) is 22.8 Å². The monoisotopic (exact) mass is 296 g/mol. The zero-order chi connectivity index (χ0) is 14.7. The molecule has 2 heterocycles.